The monoisotopic (exact) mass is 386 g/mol. The van der Waals surface area contributed by atoms with E-state index < -0.39 is 5.92 Å². The summed E-state index contributed by atoms with van der Waals surface area (Å²) < 4.78 is 26.6. The van der Waals surface area contributed by atoms with Gasteiger partial charge in [-0.3, -0.25) is 4.99 Å². The van der Waals surface area contributed by atoms with Gasteiger partial charge in [0.2, 0.25) is 5.92 Å². The molecule has 0 fully saturated rings. The lowest BCUT2D eigenvalue weighted by atomic mass is 9.95. The Morgan fingerprint density at radius 1 is 1.07 bits per heavy atom. The Balaban J connectivity index is 0.00000190. The molecule has 152 valence electrons. The van der Waals surface area contributed by atoms with Crippen molar-refractivity contribution in [2.45, 2.75) is 59.4 Å². The Morgan fingerprint density at radius 2 is 1.64 bits per heavy atom. The second-order valence-corrected chi connectivity index (χ2v) is 7.02. The summed E-state index contributed by atoms with van der Waals surface area (Å²) in [5.41, 5.74) is 10.3. The molecule has 0 radical (unpaired) electrons. The van der Waals surface area contributed by atoms with E-state index in [0.717, 1.165) is 29.2 Å². The molecule has 0 spiro atoms. The highest BCUT2D eigenvalue weighted by molar-refractivity contribution is 5.77. The number of benzene rings is 2. The molecule has 1 atom stereocenters. The predicted molar refractivity (Wildman–Crippen MR) is 117 cm³/mol. The van der Waals surface area contributed by atoms with Crippen molar-refractivity contribution in [1.82, 2.24) is 0 Å². The normalized spacial score (nSPS) is 12.8. The molecule has 2 N–H and O–H groups in total. The van der Waals surface area contributed by atoms with Crippen molar-refractivity contribution in [3.05, 3.63) is 71.8 Å². The zero-order chi connectivity index (χ0) is 21.3. The average molecular weight is 387 g/mol. The molecule has 0 saturated heterocycles. The van der Waals surface area contributed by atoms with Gasteiger partial charge < -0.3 is 5.73 Å². The van der Waals surface area contributed by atoms with Gasteiger partial charge in [-0.1, -0.05) is 61.9 Å². The van der Waals surface area contributed by atoms with E-state index in [2.05, 4.69) is 11.6 Å². The predicted octanol–water partition coefficient (Wildman–Crippen LogP) is 6.96. The van der Waals surface area contributed by atoms with Gasteiger partial charge in [-0.05, 0) is 55.5 Å². The van der Waals surface area contributed by atoms with Gasteiger partial charge in [0.25, 0.3) is 0 Å². The van der Waals surface area contributed by atoms with Gasteiger partial charge in [0, 0.05) is 6.42 Å². The summed E-state index contributed by atoms with van der Waals surface area (Å²) >= 11 is 0. The fourth-order valence-electron chi connectivity index (χ4n) is 2.96. The minimum atomic E-state index is -2.72. The van der Waals surface area contributed by atoms with Gasteiger partial charge in [-0.2, -0.15) is 0 Å². The number of aliphatic imine (C=N–C) groups is 1. The van der Waals surface area contributed by atoms with E-state index in [1.807, 2.05) is 63.2 Å². The maximum absolute atomic E-state index is 13.3. The molecule has 0 aliphatic heterocycles. The summed E-state index contributed by atoms with van der Waals surface area (Å²) in [6.07, 6.45) is 0.440. The quantitative estimate of drug-likeness (QED) is 0.312. The van der Waals surface area contributed by atoms with E-state index in [4.69, 9.17) is 5.73 Å². The lowest BCUT2D eigenvalue weighted by Gasteiger charge is -2.16. The van der Waals surface area contributed by atoms with Crippen LogP contribution in [0, 0.1) is 0 Å². The van der Waals surface area contributed by atoms with Crippen LogP contribution in [0.3, 0.4) is 0 Å². The molecule has 0 saturated carbocycles. The zero-order valence-corrected chi connectivity index (χ0v) is 17.6. The molecule has 0 unspecified atom stereocenters. The Hall–Kier alpha value is -2.49. The summed E-state index contributed by atoms with van der Waals surface area (Å²) in [6, 6.07) is 15.2. The van der Waals surface area contributed by atoms with Crippen LogP contribution in [0.2, 0.25) is 0 Å². The first-order valence-electron chi connectivity index (χ1n) is 9.65. The summed E-state index contributed by atoms with van der Waals surface area (Å²) in [5, 5.41) is 0. The third-order valence-electron chi connectivity index (χ3n) is 3.95. The third kappa shape index (κ3) is 8.03. The lowest BCUT2D eigenvalue weighted by Crippen LogP contribution is -2.13. The van der Waals surface area contributed by atoms with Gasteiger partial charge >= 0.3 is 0 Å². The summed E-state index contributed by atoms with van der Waals surface area (Å²) in [5.74, 6) is -2.20. The minimum absolute atomic E-state index is 0.0967. The minimum Gasteiger partial charge on any atom is -0.388 e. The number of rotatable bonds is 7. The molecule has 0 aliphatic carbocycles. The first-order valence-corrected chi connectivity index (χ1v) is 9.65. The number of alkyl halides is 2. The third-order valence-corrected chi connectivity index (χ3v) is 3.95. The topological polar surface area (TPSA) is 38.4 Å². The zero-order valence-electron chi connectivity index (χ0n) is 17.6. The fourth-order valence-corrected chi connectivity index (χ4v) is 2.96. The van der Waals surface area contributed by atoms with Gasteiger partial charge in [0.1, 0.15) is 0 Å². The first-order chi connectivity index (χ1) is 13.1. The molecule has 0 bridgehead atoms. The number of hydrogen-bond acceptors (Lipinski definition) is 1. The van der Waals surface area contributed by atoms with Gasteiger partial charge in [0.15, 0.2) is 0 Å². The number of hydrogen-bond donors (Lipinski definition) is 1. The maximum atomic E-state index is 13.3. The molecular formula is C24H32F2N2. The van der Waals surface area contributed by atoms with Crippen LogP contribution in [0.4, 0.5) is 8.78 Å². The standard InChI is InChI=1S/C22H26F2N2.C2H6/c1-15(2)11-21(26-16(3)25)20-10-6-9-19(13-20)18-8-5-7-17(12-18)14-22(4,23)24;1-2/h5-10,12-13,21H,1,11,14H2,2-4H3,(H2,25,26);1-2H3/t21-;/m0./s1. The van der Waals surface area contributed by atoms with Gasteiger partial charge in [-0.15, -0.1) is 6.58 Å². The smallest absolute Gasteiger partial charge is 0.249 e. The molecule has 2 aromatic carbocycles. The number of amidine groups is 1. The molecule has 0 aromatic heterocycles. The van der Waals surface area contributed by atoms with Crippen LogP contribution < -0.4 is 5.73 Å². The largest absolute Gasteiger partial charge is 0.388 e. The molecule has 2 rings (SSSR count). The van der Waals surface area contributed by atoms with Crippen molar-refractivity contribution >= 4 is 5.84 Å². The number of nitrogens with zero attached hydrogens (tertiary/aromatic N) is 1. The van der Waals surface area contributed by atoms with Crippen molar-refractivity contribution in [1.29, 1.82) is 0 Å². The van der Waals surface area contributed by atoms with Crippen molar-refractivity contribution in [2.24, 2.45) is 10.7 Å². The Kier molecular flexibility index (Phi) is 9.04. The van der Waals surface area contributed by atoms with E-state index in [-0.39, 0.29) is 12.5 Å². The summed E-state index contributed by atoms with van der Waals surface area (Å²) in [7, 11) is 0. The van der Waals surface area contributed by atoms with Gasteiger partial charge in [-0.25, -0.2) is 8.78 Å². The first kappa shape index (κ1) is 23.5. The molecule has 0 aliphatic rings. The van der Waals surface area contributed by atoms with Crippen molar-refractivity contribution < 1.29 is 8.78 Å². The molecule has 28 heavy (non-hydrogen) atoms. The SMILES string of the molecule is C=C(C)C[C@H](N=C(C)N)c1cccc(-c2cccc(CC(C)(F)F)c2)c1.CC. The van der Waals surface area contributed by atoms with Crippen LogP contribution in [-0.4, -0.2) is 11.8 Å². The number of halogens is 2. The van der Waals surface area contributed by atoms with E-state index in [1.165, 1.54) is 0 Å². The van der Waals surface area contributed by atoms with Crippen LogP contribution in [0.25, 0.3) is 11.1 Å². The van der Waals surface area contributed by atoms with Crippen molar-refractivity contribution in [3.8, 4) is 11.1 Å². The van der Waals surface area contributed by atoms with Crippen LogP contribution in [-0.2, 0) is 6.42 Å². The van der Waals surface area contributed by atoms with Gasteiger partial charge in [0.05, 0.1) is 11.9 Å². The number of nitrogens with two attached hydrogens (primary N) is 1. The highest BCUT2D eigenvalue weighted by Gasteiger charge is 2.21. The van der Waals surface area contributed by atoms with Crippen LogP contribution in [0.15, 0.2) is 65.7 Å². The maximum Gasteiger partial charge on any atom is 0.249 e. The summed E-state index contributed by atoms with van der Waals surface area (Å²) in [6.45, 7) is 12.6. The highest BCUT2D eigenvalue weighted by atomic mass is 19.3. The second-order valence-electron chi connectivity index (χ2n) is 7.02. The van der Waals surface area contributed by atoms with Crippen LogP contribution in [0.1, 0.15) is 58.2 Å². The van der Waals surface area contributed by atoms with Crippen LogP contribution >= 0.6 is 0 Å². The Bertz CT molecular complexity index is 800. The van der Waals surface area contributed by atoms with Crippen LogP contribution in [0.5, 0.6) is 0 Å². The lowest BCUT2D eigenvalue weighted by molar-refractivity contribution is 0.0226. The van der Waals surface area contributed by atoms with Crippen molar-refractivity contribution in [3.63, 3.8) is 0 Å². The molecule has 2 nitrogen and oxygen atoms in total. The Labute approximate surface area is 168 Å². The van der Waals surface area contributed by atoms with E-state index >= 15 is 0 Å². The van der Waals surface area contributed by atoms with Crippen molar-refractivity contribution in [2.75, 3.05) is 0 Å². The second kappa shape index (κ2) is 10.7. The van der Waals surface area contributed by atoms with E-state index in [1.54, 1.807) is 13.0 Å². The highest BCUT2D eigenvalue weighted by Crippen LogP contribution is 2.30. The Morgan fingerprint density at radius 3 is 2.18 bits per heavy atom. The fraction of sp³-hybridized carbons (Fsp3) is 0.375. The molecule has 4 heteroatoms. The average Bonchev–Trinajstić information content (AvgIpc) is 2.61. The summed E-state index contributed by atoms with van der Waals surface area (Å²) in [4.78, 5) is 4.52. The molecular weight excluding hydrogens is 354 g/mol. The van der Waals surface area contributed by atoms with E-state index in [9.17, 15) is 8.78 Å². The molecule has 0 amide bonds. The van der Waals surface area contributed by atoms with E-state index in [0.29, 0.717) is 17.8 Å². The molecule has 0 heterocycles. The molecule has 2 aromatic rings.